The minimum Gasteiger partial charge on any atom is -0.480 e. The quantitative estimate of drug-likeness (QED) is 0.562. The van der Waals surface area contributed by atoms with E-state index in [1.165, 1.54) is 4.90 Å². The van der Waals surface area contributed by atoms with Crippen molar-refractivity contribution in [2.24, 2.45) is 0 Å². The Bertz CT molecular complexity index is 278. The molecule has 0 aromatic carbocycles. The van der Waals surface area contributed by atoms with Crippen LogP contribution in [0.15, 0.2) is 12.2 Å². The maximum Gasteiger partial charge on any atom is 0.328 e. The van der Waals surface area contributed by atoms with Gasteiger partial charge in [0.1, 0.15) is 0 Å². The minimum atomic E-state index is -1.27. The summed E-state index contributed by atoms with van der Waals surface area (Å²) < 4.78 is 0. The number of carboxylic acid groups (broad SMARTS) is 1. The fraction of sp³-hybridized carbons (Fsp3) is 0.600. The lowest BCUT2D eigenvalue weighted by atomic mass is 10.3. The summed E-state index contributed by atoms with van der Waals surface area (Å²) in [7, 11) is 0. The number of urea groups is 1. The highest BCUT2D eigenvalue weighted by atomic mass is 16.4. The molecule has 0 unspecified atom stereocenters. The molecule has 0 aliphatic carbocycles. The van der Waals surface area contributed by atoms with Crippen molar-refractivity contribution >= 4 is 12.0 Å². The van der Waals surface area contributed by atoms with Crippen LogP contribution in [0.4, 0.5) is 4.79 Å². The average molecular weight is 230 g/mol. The summed E-state index contributed by atoms with van der Waals surface area (Å²) in [6.45, 7) is 7.39. The Labute approximate surface area is 94.6 Å². The van der Waals surface area contributed by atoms with E-state index in [9.17, 15) is 9.59 Å². The summed E-state index contributed by atoms with van der Waals surface area (Å²) in [5.41, 5.74) is 0.799. The molecule has 0 saturated carbocycles. The van der Waals surface area contributed by atoms with Gasteiger partial charge in [-0.05, 0) is 13.8 Å². The van der Waals surface area contributed by atoms with E-state index in [-0.39, 0.29) is 0 Å². The number of aliphatic carboxylic acids is 1. The number of likely N-dealkylation sites (N-methyl/N-ethyl adjacent to an activating group) is 1. The molecule has 1 atom stereocenters. The zero-order chi connectivity index (χ0) is 12.7. The van der Waals surface area contributed by atoms with E-state index < -0.39 is 24.6 Å². The first-order valence-electron chi connectivity index (χ1n) is 4.95. The first kappa shape index (κ1) is 14.4. The van der Waals surface area contributed by atoms with Gasteiger partial charge in [-0.3, -0.25) is 0 Å². The lowest BCUT2D eigenvalue weighted by Crippen LogP contribution is -2.49. The molecule has 0 rings (SSSR count). The van der Waals surface area contributed by atoms with Gasteiger partial charge in [0.2, 0.25) is 0 Å². The maximum absolute atomic E-state index is 11.6. The second kappa shape index (κ2) is 6.84. The molecule has 0 radical (unpaired) electrons. The van der Waals surface area contributed by atoms with Crippen molar-refractivity contribution in [3.05, 3.63) is 12.2 Å². The first-order chi connectivity index (χ1) is 7.42. The number of nitrogens with zero attached hydrogens (tertiary/aromatic N) is 1. The van der Waals surface area contributed by atoms with Crippen molar-refractivity contribution in [1.29, 1.82) is 0 Å². The Hall–Kier alpha value is -1.56. The fourth-order valence-electron chi connectivity index (χ4n) is 1.08. The van der Waals surface area contributed by atoms with Gasteiger partial charge in [0, 0.05) is 13.1 Å². The third-order valence-corrected chi connectivity index (χ3v) is 1.91. The number of carbonyl (C=O) groups excluding carboxylic acids is 1. The van der Waals surface area contributed by atoms with Gasteiger partial charge in [-0.25, -0.2) is 9.59 Å². The van der Waals surface area contributed by atoms with E-state index in [2.05, 4.69) is 11.9 Å². The highest BCUT2D eigenvalue weighted by molar-refractivity contribution is 5.82. The maximum atomic E-state index is 11.6. The van der Waals surface area contributed by atoms with Crippen LogP contribution in [0, 0.1) is 0 Å². The Morgan fingerprint density at radius 1 is 1.50 bits per heavy atom. The second-order valence-corrected chi connectivity index (χ2v) is 3.49. The van der Waals surface area contributed by atoms with Crippen molar-refractivity contribution in [3.8, 4) is 0 Å². The molecule has 0 saturated heterocycles. The standard InChI is InChI=1S/C10H18N2O4/c1-4-12(5-7(2)3)10(16)11-8(6-13)9(14)15/h8,13H,2,4-6H2,1,3H3,(H,11,16)(H,14,15)/t8-/m1/s1. The highest BCUT2D eigenvalue weighted by Crippen LogP contribution is 1.97. The van der Waals surface area contributed by atoms with Crippen molar-refractivity contribution in [2.75, 3.05) is 19.7 Å². The largest absolute Gasteiger partial charge is 0.480 e. The SMILES string of the molecule is C=C(C)CN(CC)C(=O)N[C@H](CO)C(=O)O. The first-order valence-corrected chi connectivity index (χ1v) is 4.95. The van der Waals surface area contributed by atoms with Gasteiger partial charge in [0.05, 0.1) is 6.61 Å². The molecule has 0 bridgehead atoms. The molecule has 6 nitrogen and oxygen atoms in total. The topological polar surface area (TPSA) is 89.9 Å². The summed E-state index contributed by atoms with van der Waals surface area (Å²) in [5, 5.41) is 19.6. The van der Waals surface area contributed by atoms with Crippen LogP contribution in [0.25, 0.3) is 0 Å². The Balaban J connectivity index is 4.40. The lowest BCUT2D eigenvalue weighted by molar-refractivity contribution is -0.140. The molecular weight excluding hydrogens is 212 g/mol. The van der Waals surface area contributed by atoms with Crippen LogP contribution in [0.2, 0.25) is 0 Å². The van der Waals surface area contributed by atoms with Crippen molar-refractivity contribution < 1.29 is 19.8 Å². The van der Waals surface area contributed by atoms with Crippen LogP contribution in [-0.2, 0) is 4.79 Å². The number of nitrogens with one attached hydrogen (secondary N) is 1. The summed E-state index contributed by atoms with van der Waals surface area (Å²) in [6, 6.07) is -1.79. The number of carbonyl (C=O) groups is 2. The van der Waals surface area contributed by atoms with E-state index >= 15 is 0 Å². The number of aliphatic hydroxyl groups excluding tert-OH is 1. The zero-order valence-corrected chi connectivity index (χ0v) is 9.56. The third kappa shape index (κ3) is 4.79. The minimum absolute atomic E-state index is 0.361. The summed E-state index contributed by atoms with van der Waals surface area (Å²) in [6.07, 6.45) is 0. The van der Waals surface area contributed by atoms with E-state index in [0.29, 0.717) is 13.1 Å². The van der Waals surface area contributed by atoms with Gasteiger partial charge >= 0.3 is 12.0 Å². The lowest BCUT2D eigenvalue weighted by Gasteiger charge is -2.23. The number of aliphatic hydroxyl groups is 1. The highest BCUT2D eigenvalue weighted by Gasteiger charge is 2.21. The molecule has 0 aromatic heterocycles. The van der Waals surface area contributed by atoms with Crippen molar-refractivity contribution in [1.82, 2.24) is 10.2 Å². The van der Waals surface area contributed by atoms with Crippen LogP contribution in [0.5, 0.6) is 0 Å². The predicted octanol–water partition coefficient (Wildman–Crippen LogP) is 0.0395. The molecule has 16 heavy (non-hydrogen) atoms. The number of hydrogen-bond donors (Lipinski definition) is 3. The molecule has 0 fully saturated rings. The summed E-state index contributed by atoms with van der Waals surface area (Å²) in [4.78, 5) is 23.6. The predicted molar refractivity (Wildman–Crippen MR) is 59.1 cm³/mol. The van der Waals surface area contributed by atoms with E-state index in [1.807, 2.05) is 0 Å². The van der Waals surface area contributed by atoms with E-state index in [1.54, 1.807) is 13.8 Å². The molecule has 0 aliphatic heterocycles. The normalized spacial score (nSPS) is 11.7. The molecule has 2 amide bonds. The summed E-state index contributed by atoms with van der Waals surface area (Å²) >= 11 is 0. The Morgan fingerprint density at radius 3 is 2.38 bits per heavy atom. The number of hydrogen-bond acceptors (Lipinski definition) is 3. The fourth-order valence-corrected chi connectivity index (χ4v) is 1.08. The molecule has 0 heterocycles. The number of rotatable bonds is 6. The van der Waals surface area contributed by atoms with Crippen LogP contribution in [0.1, 0.15) is 13.8 Å². The van der Waals surface area contributed by atoms with Gasteiger partial charge in [-0.15, -0.1) is 0 Å². The molecule has 0 aromatic rings. The Kier molecular flexibility index (Phi) is 6.17. The third-order valence-electron chi connectivity index (χ3n) is 1.91. The molecule has 0 spiro atoms. The van der Waals surface area contributed by atoms with Crippen LogP contribution in [0.3, 0.4) is 0 Å². The van der Waals surface area contributed by atoms with Crippen LogP contribution in [-0.4, -0.2) is 52.9 Å². The Morgan fingerprint density at radius 2 is 2.06 bits per heavy atom. The van der Waals surface area contributed by atoms with Gasteiger partial charge in [-0.2, -0.15) is 0 Å². The van der Waals surface area contributed by atoms with E-state index in [4.69, 9.17) is 10.2 Å². The van der Waals surface area contributed by atoms with E-state index in [0.717, 1.165) is 5.57 Å². The molecule has 3 N–H and O–H groups in total. The van der Waals surface area contributed by atoms with Crippen molar-refractivity contribution in [3.63, 3.8) is 0 Å². The molecule has 0 aliphatic rings. The molecular formula is C10H18N2O4. The van der Waals surface area contributed by atoms with Gasteiger partial charge in [-0.1, -0.05) is 12.2 Å². The smallest absolute Gasteiger partial charge is 0.328 e. The number of carboxylic acids is 1. The second-order valence-electron chi connectivity index (χ2n) is 3.49. The monoisotopic (exact) mass is 230 g/mol. The zero-order valence-electron chi connectivity index (χ0n) is 9.56. The molecule has 92 valence electrons. The average Bonchev–Trinajstić information content (AvgIpc) is 2.21. The number of amides is 2. The van der Waals surface area contributed by atoms with Gasteiger partial charge < -0.3 is 20.4 Å². The summed E-state index contributed by atoms with van der Waals surface area (Å²) in [5.74, 6) is -1.26. The van der Waals surface area contributed by atoms with Gasteiger partial charge in [0.15, 0.2) is 6.04 Å². The van der Waals surface area contributed by atoms with Crippen LogP contribution >= 0.6 is 0 Å². The van der Waals surface area contributed by atoms with Crippen LogP contribution < -0.4 is 5.32 Å². The van der Waals surface area contributed by atoms with Gasteiger partial charge in [0.25, 0.3) is 0 Å². The van der Waals surface area contributed by atoms with Crippen molar-refractivity contribution in [2.45, 2.75) is 19.9 Å². The molecule has 6 heteroatoms.